The molecule has 2 heteroatoms. The lowest BCUT2D eigenvalue weighted by atomic mass is 9.68. The van der Waals surface area contributed by atoms with Crippen LogP contribution in [0.2, 0.25) is 0 Å². The Kier molecular flexibility index (Phi) is 6.14. The van der Waals surface area contributed by atoms with E-state index < -0.39 is 0 Å². The van der Waals surface area contributed by atoms with E-state index in [2.05, 4.69) is 33.1 Å². The minimum Gasteiger partial charge on any atom is -0.370 e. The quantitative estimate of drug-likeness (QED) is 0.743. The fourth-order valence-corrected chi connectivity index (χ4v) is 4.38. The number of nitrogens with one attached hydrogen (secondary N) is 1. The predicted octanol–water partition coefficient (Wildman–Crippen LogP) is 4.92. The third-order valence-electron chi connectivity index (χ3n) is 5.84. The molecule has 21 heavy (non-hydrogen) atoms. The lowest BCUT2D eigenvalue weighted by Crippen LogP contribution is -2.48. The third-order valence-corrected chi connectivity index (χ3v) is 5.84. The summed E-state index contributed by atoms with van der Waals surface area (Å²) in [6.45, 7) is 8.22. The zero-order chi connectivity index (χ0) is 15.3. The van der Waals surface area contributed by atoms with E-state index in [0.29, 0.717) is 11.5 Å². The molecule has 124 valence electrons. The Morgan fingerprint density at radius 3 is 2.00 bits per heavy atom. The van der Waals surface area contributed by atoms with Crippen molar-refractivity contribution in [2.45, 2.75) is 96.7 Å². The van der Waals surface area contributed by atoms with Crippen LogP contribution in [0.5, 0.6) is 0 Å². The summed E-state index contributed by atoms with van der Waals surface area (Å²) in [5.74, 6) is 0.861. The lowest BCUT2D eigenvalue weighted by Gasteiger charge is -2.45. The summed E-state index contributed by atoms with van der Waals surface area (Å²) in [5, 5.41) is 3.41. The molecule has 0 amide bonds. The van der Waals surface area contributed by atoms with E-state index in [1.165, 1.54) is 64.2 Å². The monoisotopic (exact) mass is 295 g/mol. The van der Waals surface area contributed by atoms with Crippen molar-refractivity contribution >= 4 is 0 Å². The molecular weight excluding hydrogens is 258 g/mol. The van der Waals surface area contributed by atoms with Crippen LogP contribution < -0.4 is 5.32 Å². The molecule has 0 aromatic rings. The summed E-state index contributed by atoms with van der Waals surface area (Å²) in [6, 6.07) is 0. The van der Waals surface area contributed by atoms with Gasteiger partial charge in [0.1, 0.15) is 0 Å². The van der Waals surface area contributed by atoms with Crippen molar-refractivity contribution in [2.75, 3.05) is 13.6 Å². The Bertz CT molecular complexity index is 291. The topological polar surface area (TPSA) is 21.3 Å². The van der Waals surface area contributed by atoms with Crippen LogP contribution >= 0.6 is 0 Å². The van der Waals surface area contributed by atoms with Gasteiger partial charge in [-0.1, -0.05) is 46.5 Å². The van der Waals surface area contributed by atoms with E-state index >= 15 is 0 Å². The van der Waals surface area contributed by atoms with Gasteiger partial charge in [-0.3, -0.25) is 0 Å². The molecule has 0 heterocycles. The largest absolute Gasteiger partial charge is 0.370 e. The first-order chi connectivity index (χ1) is 9.95. The van der Waals surface area contributed by atoms with E-state index in [4.69, 9.17) is 4.74 Å². The van der Waals surface area contributed by atoms with Crippen LogP contribution in [0.25, 0.3) is 0 Å². The van der Waals surface area contributed by atoms with Gasteiger partial charge < -0.3 is 10.1 Å². The maximum absolute atomic E-state index is 6.74. The van der Waals surface area contributed by atoms with Gasteiger partial charge >= 0.3 is 0 Å². The van der Waals surface area contributed by atoms with Crippen molar-refractivity contribution in [2.24, 2.45) is 11.3 Å². The van der Waals surface area contributed by atoms with Crippen LogP contribution in [0.4, 0.5) is 0 Å². The van der Waals surface area contributed by atoms with Crippen LogP contribution in [0.15, 0.2) is 0 Å². The van der Waals surface area contributed by atoms with Crippen LogP contribution in [0.1, 0.15) is 85.0 Å². The van der Waals surface area contributed by atoms with Gasteiger partial charge in [-0.25, -0.2) is 0 Å². The molecule has 1 N–H and O–H groups in total. The second-order valence-electron chi connectivity index (χ2n) is 8.59. The molecule has 2 saturated carbocycles. The highest BCUT2D eigenvalue weighted by Crippen LogP contribution is 2.43. The summed E-state index contributed by atoms with van der Waals surface area (Å²) in [4.78, 5) is 0. The number of hydrogen-bond acceptors (Lipinski definition) is 2. The Labute approximate surface area is 132 Å². The van der Waals surface area contributed by atoms with Crippen LogP contribution in [0, 0.1) is 11.3 Å². The molecule has 0 aromatic heterocycles. The first kappa shape index (κ1) is 17.3. The number of hydrogen-bond donors (Lipinski definition) is 1. The van der Waals surface area contributed by atoms with Crippen LogP contribution in [0.3, 0.4) is 0 Å². The molecule has 2 aliphatic carbocycles. The second-order valence-corrected chi connectivity index (χ2v) is 8.59. The van der Waals surface area contributed by atoms with E-state index in [1.807, 2.05) is 0 Å². The molecule has 0 spiro atoms. The van der Waals surface area contributed by atoms with Crippen molar-refractivity contribution in [3.8, 4) is 0 Å². The van der Waals surface area contributed by atoms with Crippen molar-refractivity contribution in [1.82, 2.24) is 5.32 Å². The summed E-state index contributed by atoms with van der Waals surface area (Å²) in [7, 11) is 2.08. The van der Waals surface area contributed by atoms with Crippen molar-refractivity contribution in [3.05, 3.63) is 0 Å². The molecule has 2 rings (SSSR count). The van der Waals surface area contributed by atoms with E-state index in [0.717, 1.165) is 12.5 Å². The smallest absolute Gasteiger partial charge is 0.0810 e. The summed E-state index contributed by atoms with van der Waals surface area (Å²) in [5.41, 5.74) is 0.569. The van der Waals surface area contributed by atoms with Gasteiger partial charge in [0.2, 0.25) is 0 Å². The summed E-state index contributed by atoms with van der Waals surface area (Å²) >= 11 is 0. The third kappa shape index (κ3) is 4.96. The normalized spacial score (nSPS) is 32.9. The zero-order valence-corrected chi connectivity index (χ0v) is 14.8. The Balaban J connectivity index is 1.94. The fraction of sp³-hybridized carbons (Fsp3) is 1.00. The van der Waals surface area contributed by atoms with E-state index in [9.17, 15) is 0 Å². The first-order valence-electron chi connectivity index (χ1n) is 9.28. The van der Waals surface area contributed by atoms with Crippen molar-refractivity contribution in [1.29, 1.82) is 0 Å². The Morgan fingerprint density at radius 1 is 0.952 bits per heavy atom. The van der Waals surface area contributed by atoms with Gasteiger partial charge in [0.15, 0.2) is 0 Å². The average Bonchev–Trinajstić information content (AvgIpc) is 2.67. The lowest BCUT2D eigenvalue weighted by molar-refractivity contribution is -0.126. The second kappa shape index (κ2) is 7.46. The average molecular weight is 296 g/mol. The first-order valence-corrected chi connectivity index (χ1v) is 9.28. The highest BCUT2D eigenvalue weighted by molar-refractivity contribution is 4.93. The zero-order valence-electron chi connectivity index (χ0n) is 14.8. The van der Waals surface area contributed by atoms with E-state index in [1.54, 1.807) is 0 Å². The molecule has 2 fully saturated rings. The fourth-order valence-electron chi connectivity index (χ4n) is 4.38. The molecule has 0 bridgehead atoms. The van der Waals surface area contributed by atoms with Crippen molar-refractivity contribution in [3.63, 3.8) is 0 Å². The molecule has 0 aromatic carbocycles. The molecule has 0 unspecified atom stereocenters. The Hall–Kier alpha value is -0.0800. The van der Waals surface area contributed by atoms with Crippen molar-refractivity contribution < 1.29 is 4.74 Å². The maximum Gasteiger partial charge on any atom is 0.0810 e. The predicted molar refractivity (Wildman–Crippen MR) is 90.6 cm³/mol. The Morgan fingerprint density at radius 2 is 1.52 bits per heavy atom. The van der Waals surface area contributed by atoms with E-state index in [-0.39, 0.29) is 5.60 Å². The summed E-state index contributed by atoms with van der Waals surface area (Å²) in [6.07, 6.45) is 13.8. The number of likely N-dealkylation sites (N-methyl/N-ethyl adjacent to an activating group) is 1. The minimum atomic E-state index is 0.117. The van der Waals surface area contributed by atoms with Gasteiger partial charge in [0, 0.05) is 6.54 Å². The molecule has 0 saturated heterocycles. The van der Waals surface area contributed by atoms with Crippen LogP contribution in [-0.4, -0.2) is 25.3 Å². The molecule has 0 aliphatic heterocycles. The standard InChI is InChI=1S/C19H37NO/c1-18(2,3)16-11-13-19(14-12-16,15-20-4)21-17-9-7-5-6-8-10-17/h16-17,20H,5-15H2,1-4H3. The van der Waals surface area contributed by atoms with Gasteiger partial charge in [-0.15, -0.1) is 0 Å². The highest BCUT2D eigenvalue weighted by atomic mass is 16.5. The number of rotatable bonds is 4. The molecule has 0 radical (unpaired) electrons. The van der Waals surface area contributed by atoms with Gasteiger partial charge in [-0.05, 0) is 56.9 Å². The number of ether oxygens (including phenoxy) is 1. The SMILES string of the molecule is CNCC1(OC2CCCCCC2)CCC(C(C)(C)C)CC1. The molecular formula is C19H37NO. The van der Waals surface area contributed by atoms with Gasteiger partial charge in [0.25, 0.3) is 0 Å². The van der Waals surface area contributed by atoms with Gasteiger partial charge in [0.05, 0.1) is 11.7 Å². The minimum absolute atomic E-state index is 0.117. The highest BCUT2D eigenvalue weighted by Gasteiger charge is 2.40. The van der Waals surface area contributed by atoms with Gasteiger partial charge in [-0.2, -0.15) is 0 Å². The molecule has 2 aliphatic rings. The van der Waals surface area contributed by atoms with Crippen LogP contribution in [-0.2, 0) is 4.74 Å². The molecule has 2 nitrogen and oxygen atoms in total. The molecule has 0 atom stereocenters. The maximum atomic E-state index is 6.74. The summed E-state index contributed by atoms with van der Waals surface area (Å²) < 4.78 is 6.74.